The standard InChI is InChI=1S/C15H21ClN2/c1-3-5-8-12(7-4-2)18-15-10-6-9-14(16)13(15)11-17/h6,9-10,12,18H,3-5,7-8H2,1-2H3. The lowest BCUT2D eigenvalue weighted by Gasteiger charge is -2.20. The van der Waals surface area contributed by atoms with E-state index in [-0.39, 0.29) is 0 Å². The molecule has 1 rings (SSSR count). The van der Waals surface area contributed by atoms with Gasteiger partial charge in [0.05, 0.1) is 16.3 Å². The molecule has 0 radical (unpaired) electrons. The summed E-state index contributed by atoms with van der Waals surface area (Å²) in [6, 6.07) is 8.17. The molecule has 2 nitrogen and oxygen atoms in total. The Hall–Kier alpha value is -1.20. The summed E-state index contributed by atoms with van der Waals surface area (Å²) in [6.45, 7) is 4.38. The molecule has 1 aromatic carbocycles. The Balaban J connectivity index is 2.80. The van der Waals surface area contributed by atoms with Crippen molar-refractivity contribution in [2.24, 2.45) is 0 Å². The van der Waals surface area contributed by atoms with Crippen LogP contribution < -0.4 is 5.32 Å². The Morgan fingerprint density at radius 2 is 2.06 bits per heavy atom. The summed E-state index contributed by atoms with van der Waals surface area (Å²) in [6.07, 6.45) is 5.81. The zero-order valence-corrected chi connectivity index (χ0v) is 11.9. The van der Waals surface area contributed by atoms with Gasteiger partial charge < -0.3 is 5.32 Å². The van der Waals surface area contributed by atoms with Crippen molar-refractivity contribution in [3.05, 3.63) is 28.8 Å². The molecule has 1 atom stereocenters. The van der Waals surface area contributed by atoms with Crippen molar-refractivity contribution in [2.45, 2.75) is 52.0 Å². The van der Waals surface area contributed by atoms with E-state index >= 15 is 0 Å². The fraction of sp³-hybridized carbons (Fsp3) is 0.533. The average Bonchev–Trinajstić information content (AvgIpc) is 2.36. The molecule has 1 aromatic rings. The predicted octanol–water partition coefficient (Wildman–Crippen LogP) is 4.98. The van der Waals surface area contributed by atoms with Gasteiger partial charge in [-0.3, -0.25) is 0 Å². The highest BCUT2D eigenvalue weighted by Gasteiger charge is 2.11. The van der Waals surface area contributed by atoms with Gasteiger partial charge in [-0.15, -0.1) is 0 Å². The molecule has 0 saturated heterocycles. The quantitative estimate of drug-likeness (QED) is 0.754. The Morgan fingerprint density at radius 3 is 2.67 bits per heavy atom. The van der Waals surface area contributed by atoms with Crippen molar-refractivity contribution in [1.29, 1.82) is 5.26 Å². The van der Waals surface area contributed by atoms with Crippen LogP contribution in [0.4, 0.5) is 5.69 Å². The summed E-state index contributed by atoms with van der Waals surface area (Å²) in [4.78, 5) is 0. The van der Waals surface area contributed by atoms with E-state index in [0.29, 0.717) is 16.6 Å². The number of hydrogen-bond acceptors (Lipinski definition) is 2. The van der Waals surface area contributed by atoms with Crippen LogP contribution in [0.25, 0.3) is 0 Å². The summed E-state index contributed by atoms with van der Waals surface area (Å²) < 4.78 is 0. The van der Waals surface area contributed by atoms with Gasteiger partial charge in [0.2, 0.25) is 0 Å². The first-order valence-electron chi connectivity index (χ1n) is 6.68. The molecule has 0 fully saturated rings. The van der Waals surface area contributed by atoms with Gasteiger partial charge in [-0.25, -0.2) is 0 Å². The number of rotatable bonds is 7. The van der Waals surface area contributed by atoms with Gasteiger partial charge in [0, 0.05) is 6.04 Å². The monoisotopic (exact) mass is 264 g/mol. The summed E-state index contributed by atoms with van der Waals surface area (Å²) in [5.41, 5.74) is 1.41. The van der Waals surface area contributed by atoms with Crippen LogP contribution in [0, 0.1) is 11.3 Å². The lowest BCUT2D eigenvalue weighted by Crippen LogP contribution is -2.19. The van der Waals surface area contributed by atoms with Crippen molar-refractivity contribution in [3.8, 4) is 6.07 Å². The number of nitriles is 1. The maximum absolute atomic E-state index is 9.14. The van der Waals surface area contributed by atoms with E-state index in [0.717, 1.165) is 24.9 Å². The number of unbranched alkanes of at least 4 members (excludes halogenated alkanes) is 1. The van der Waals surface area contributed by atoms with Crippen LogP contribution in [0.2, 0.25) is 5.02 Å². The highest BCUT2D eigenvalue weighted by atomic mass is 35.5. The van der Waals surface area contributed by atoms with Crippen LogP contribution in [-0.2, 0) is 0 Å². The Bertz CT molecular complexity index is 409. The van der Waals surface area contributed by atoms with Gasteiger partial charge in [-0.05, 0) is 25.0 Å². The minimum atomic E-state index is 0.431. The number of anilines is 1. The molecule has 0 amide bonds. The third-order valence-corrected chi connectivity index (χ3v) is 3.34. The third kappa shape index (κ3) is 4.23. The van der Waals surface area contributed by atoms with Crippen LogP contribution in [-0.4, -0.2) is 6.04 Å². The summed E-state index contributed by atoms with van der Waals surface area (Å²) >= 11 is 6.03. The lowest BCUT2D eigenvalue weighted by molar-refractivity contribution is 0.564. The fourth-order valence-electron chi connectivity index (χ4n) is 2.07. The van der Waals surface area contributed by atoms with E-state index in [4.69, 9.17) is 16.9 Å². The molecule has 18 heavy (non-hydrogen) atoms. The molecule has 0 aliphatic carbocycles. The number of nitrogens with zero attached hydrogens (tertiary/aromatic N) is 1. The van der Waals surface area contributed by atoms with Crippen LogP contribution in [0.15, 0.2) is 18.2 Å². The lowest BCUT2D eigenvalue weighted by atomic mass is 10.0. The fourth-order valence-corrected chi connectivity index (χ4v) is 2.28. The second-order valence-electron chi connectivity index (χ2n) is 4.55. The molecule has 0 aromatic heterocycles. The largest absolute Gasteiger partial charge is 0.381 e. The van der Waals surface area contributed by atoms with Gasteiger partial charge in [-0.2, -0.15) is 5.26 Å². The molecule has 1 N–H and O–H groups in total. The Morgan fingerprint density at radius 1 is 1.28 bits per heavy atom. The van der Waals surface area contributed by atoms with Crippen molar-refractivity contribution in [2.75, 3.05) is 5.32 Å². The molecule has 3 heteroatoms. The van der Waals surface area contributed by atoms with E-state index in [1.54, 1.807) is 6.07 Å². The highest BCUT2D eigenvalue weighted by molar-refractivity contribution is 6.32. The van der Waals surface area contributed by atoms with Gasteiger partial charge in [0.1, 0.15) is 6.07 Å². The summed E-state index contributed by atoms with van der Waals surface area (Å²) in [5.74, 6) is 0. The minimum absolute atomic E-state index is 0.431. The van der Waals surface area contributed by atoms with Crippen molar-refractivity contribution in [1.82, 2.24) is 0 Å². The number of benzene rings is 1. The molecule has 0 aliphatic rings. The van der Waals surface area contributed by atoms with Crippen molar-refractivity contribution < 1.29 is 0 Å². The normalized spacial score (nSPS) is 11.9. The Labute approximate surface area is 115 Å². The Kier molecular flexibility index (Phi) is 6.60. The van der Waals surface area contributed by atoms with Gasteiger partial charge >= 0.3 is 0 Å². The maximum atomic E-state index is 9.14. The van der Waals surface area contributed by atoms with Crippen LogP contribution in [0.3, 0.4) is 0 Å². The second kappa shape index (κ2) is 8.00. The third-order valence-electron chi connectivity index (χ3n) is 3.03. The number of halogens is 1. The molecule has 0 aliphatic heterocycles. The minimum Gasteiger partial charge on any atom is -0.381 e. The number of nitrogens with one attached hydrogen (secondary N) is 1. The van der Waals surface area contributed by atoms with Crippen LogP contribution in [0.1, 0.15) is 51.5 Å². The average molecular weight is 265 g/mol. The molecule has 1 unspecified atom stereocenters. The summed E-state index contributed by atoms with van der Waals surface area (Å²) in [7, 11) is 0. The van der Waals surface area contributed by atoms with Gasteiger partial charge in [-0.1, -0.05) is 50.8 Å². The molecule has 0 bridgehead atoms. The topological polar surface area (TPSA) is 35.8 Å². The molecule has 98 valence electrons. The second-order valence-corrected chi connectivity index (χ2v) is 4.95. The maximum Gasteiger partial charge on any atom is 0.103 e. The highest BCUT2D eigenvalue weighted by Crippen LogP contribution is 2.25. The molecule has 0 saturated carbocycles. The van der Waals surface area contributed by atoms with E-state index in [1.807, 2.05) is 12.1 Å². The SMILES string of the molecule is CCCCC(CCC)Nc1cccc(Cl)c1C#N. The zero-order valence-electron chi connectivity index (χ0n) is 11.2. The molecule has 0 heterocycles. The van der Waals surface area contributed by atoms with Crippen LogP contribution in [0.5, 0.6) is 0 Å². The van der Waals surface area contributed by atoms with Crippen molar-refractivity contribution in [3.63, 3.8) is 0 Å². The van der Waals surface area contributed by atoms with E-state index in [1.165, 1.54) is 12.8 Å². The van der Waals surface area contributed by atoms with Crippen molar-refractivity contribution >= 4 is 17.3 Å². The predicted molar refractivity (Wildman–Crippen MR) is 78.0 cm³/mol. The molecular formula is C15H21ClN2. The molecular weight excluding hydrogens is 244 g/mol. The van der Waals surface area contributed by atoms with Gasteiger partial charge in [0.25, 0.3) is 0 Å². The van der Waals surface area contributed by atoms with E-state index < -0.39 is 0 Å². The number of hydrogen-bond donors (Lipinski definition) is 1. The first kappa shape index (κ1) is 14.9. The van der Waals surface area contributed by atoms with E-state index in [2.05, 4.69) is 25.2 Å². The smallest absolute Gasteiger partial charge is 0.103 e. The first-order valence-corrected chi connectivity index (χ1v) is 7.05. The zero-order chi connectivity index (χ0) is 13.4. The molecule has 0 spiro atoms. The van der Waals surface area contributed by atoms with E-state index in [9.17, 15) is 0 Å². The first-order chi connectivity index (χ1) is 8.72. The summed E-state index contributed by atoms with van der Waals surface area (Å²) in [5, 5.41) is 13.1. The van der Waals surface area contributed by atoms with Gasteiger partial charge in [0.15, 0.2) is 0 Å². The van der Waals surface area contributed by atoms with Crippen LogP contribution >= 0.6 is 11.6 Å².